The van der Waals surface area contributed by atoms with Crippen LogP contribution in [-0.4, -0.2) is 61.4 Å². The Morgan fingerprint density at radius 1 is 1.24 bits per heavy atom. The number of aromatic nitrogens is 1. The lowest BCUT2D eigenvalue weighted by molar-refractivity contribution is 0.141. The molecule has 2 heterocycles. The van der Waals surface area contributed by atoms with Gasteiger partial charge in [-0.1, -0.05) is 0 Å². The van der Waals surface area contributed by atoms with Gasteiger partial charge in [0.2, 0.25) is 5.88 Å². The molecule has 2 aliphatic rings. The lowest BCUT2D eigenvalue weighted by atomic mass is 10.3. The molecule has 1 saturated carbocycles. The minimum atomic E-state index is -0.211. The van der Waals surface area contributed by atoms with E-state index in [-0.39, 0.29) is 6.03 Å². The van der Waals surface area contributed by atoms with Crippen molar-refractivity contribution >= 4 is 11.7 Å². The third kappa shape index (κ3) is 6.17. The summed E-state index contributed by atoms with van der Waals surface area (Å²) in [5.41, 5.74) is 0.666. The van der Waals surface area contributed by atoms with Crippen molar-refractivity contribution in [2.75, 3.05) is 44.7 Å². The van der Waals surface area contributed by atoms with Gasteiger partial charge in [-0.25, -0.2) is 9.78 Å². The summed E-state index contributed by atoms with van der Waals surface area (Å²) in [4.78, 5) is 18.5. The molecule has 1 aromatic heterocycles. The Labute approximate surface area is 149 Å². The van der Waals surface area contributed by atoms with Gasteiger partial charge in [-0.15, -0.1) is 0 Å². The molecule has 1 aromatic rings. The summed E-state index contributed by atoms with van der Waals surface area (Å²) in [5, 5.41) is 5.68. The van der Waals surface area contributed by atoms with Crippen LogP contribution in [0.1, 0.15) is 32.1 Å². The van der Waals surface area contributed by atoms with Gasteiger partial charge in [-0.3, -0.25) is 4.90 Å². The molecular formula is C18H28N4O3. The lowest BCUT2D eigenvalue weighted by Crippen LogP contribution is -2.38. The Hall–Kier alpha value is -1.86. The average Bonchev–Trinajstić information content (AvgIpc) is 2.98. The molecule has 1 saturated heterocycles. The Balaban J connectivity index is 1.35. The van der Waals surface area contributed by atoms with E-state index in [1.54, 1.807) is 6.20 Å². The molecule has 1 aliphatic carbocycles. The van der Waals surface area contributed by atoms with Gasteiger partial charge in [0.25, 0.3) is 0 Å². The number of amides is 2. The van der Waals surface area contributed by atoms with Gasteiger partial charge in [-0.2, -0.15) is 0 Å². The Kier molecular flexibility index (Phi) is 6.88. The summed E-state index contributed by atoms with van der Waals surface area (Å²) in [5.74, 6) is 0.626. The number of pyridine rings is 1. The quantitative estimate of drug-likeness (QED) is 0.825. The minimum Gasteiger partial charge on any atom is -0.474 e. The molecule has 2 amide bonds. The van der Waals surface area contributed by atoms with Crippen LogP contribution in [0.25, 0.3) is 0 Å². The van der Waals surface area contributed by atoms with Crippen molar-refractivity contribution in [3.63, 3.8) is 0 Å². The Bertz CT molecular complexity index is 524. The molecule has 138 valence electrons. The van der Waals surface area contributed by atoms with E-state index in [2.05, 4.69) is 20.5 Å². The summed E-state index contributed by atoms with van der Waals surface area (Å²) in [6.45, 7) is 5.00. The molecule has 0 spiro atoms. The van der Waals surface area contributed by atoms with E-state index < -0.39 is 0 Å². The normalized spacial score (nSPS) is 19.4. The minimum absolute atomic E-state index is 0.211. The molecule has 2 N–H and O–H groups in total. The second-order valence-electron chi connectivity index (χ2n) is 6.60. The number of carbonyl (C=O) groups excluding carboxylic acids is 1. The van der Waals surface area contributed by atoms with Crippen LogP contribution in [0, 0.1) is 0 Å². The predicted molar refractivity (Wildman–Crippen MR) is 96.0 cm³/mol. The van der Waals surface area contributed by atoms with Crippen LogP contribution in [0.2, 0.25) is 0 Å². The highest BCUT2D eigenvalue weighted by Crippen LogP contribution is 2.23. The highest BCUT2D eigenvalue weighted by molar-refractivity contribution is 5.88. The van der Waals surface area contributed by atoms with E-state index in [4.69, 9.17) is 9.47 Å². The number of hydrogen-bond donors (Lipinski definition) is 2. The average molecular weight is 348 g/mol. The number of urea groups is 1. The predicted octanol–water partition coefficient (Wildman–Crippen LogP) is 2.25. The number of ether oxygens (including phenoxy) is 2. The molecule has 7 nitrogen and oxygen atoms in total. The lowest BCUT2D eigenvalue weighted by Gasteiger charge is -2.19. The third-order valence-electron chi connectivity index (χ3n) is 4.61. The van der Waals surface area contributed by atoms with Gasteiger partial charge >= 0.3 is 6.03 Å². The molecule has 2 fully saturated rings. The summed E-state index contributed by atoms with van der Waals surface area (Å²) >= 11 is 0. The van der Waals surface area contributed by atoms with Gasteiger partial charge < -0.3 is 20.1 Å². The van der Waals surface area contributed by atoms with E-state index in [0.717, 1.165) is 52.1 Å². The fourth-order valence-corrected chi connectivity index (χ4v) is 3.23. The first-order valence-corrected chi connectivity index (χ1v) is 9.27. The van der Waals surface area contributed by atoms with Crippen LogP contribution in [0.15, 0.2) is 18.3 Å². The maximum absolute atomic E-state index is 12.0. The van der Waals surface area contributed by atoms with Crippen LogP contribution < -0.4 is 15.4 Å². The topological polar surface area (TPSA) is 75.7 Å². The zero-order valence-electron chi connectivity index (χ0n) is 14.7. The van der Waals surface area contributed by atoms with Crippen molar-refractivity contribution in [1.29, 1.82) is 0 Å². The van der Waals surface area contributed by atoms with E-state index in [1.807, 2.05) is 12.1 Å². The van der Waals surface area contributed by atoms with Gasteiger partial charge in [0.15, 0.2) is 0 Å². The standard InChI is InChI=1S/C18H28N4O3/c23-18(19-8-10-22-9-3-12-24-13-11-22)21-15-6-7-17(20-14-15)25-16-4-1-2-5-16/h6-7,14,16H,1-5,8-13H2,(H2,19,21,23). The van der Waals surface area contributed by atoms with Crippen LogP contribution >= 0.6 is 0 Å². The SMILES string of the molecule is O=C(NCCN1CCCOCC1)Nc1ccc(OC2CCCC2)nc1. The number of hydrogen-bond acceptors (Lipinski definition) is 5. The molecule has 0 radical (unpaired) electrons. The van der Waals surface area contributed by atoms with Crippen molar-refractivity contribution in [3.05, 3.63) is 18.3 Å². The van der Waals surface area contributed by atoms with Crippen molar-refractivity contribution in [2.24, 2.45) is 0 Å². The van der Waals surface area contributed by atoms with Crippen LogP contribution in [0.4, 0.5) is 10.5 Å². The van der Waals surface area contributed by atoms with Gasteiger partial charge in [0, 0.05) is 38.9 Å². The molecule has 3 rings (SSSR count). The highest BCUT2D eigenvalue weighted by Gasteiger charge is 2.17. The summed E-state index contributed by atoms with van der Waals surface area (Å²) in [6.07, 6.45) is 7.65. The van der Waals surface area contributed by atoms with E-state index >= 15 is 0 Å². The van der Waals surface area contributed by atoms with Gasteiger partial charge in [0.1, 0.15) is 6.10 Å². The number of carbonyl (C=O) groups is 1. The fourth-order valence-electron chi connectivity index (χ4n) is 3.23. The van der Waals surface area contributed by atoms with E-state index in [9.17, 15) is 4.79 Å². The fraction of sp³-hybridized carbons (Fsp3) is 0.667. The molecular weight excluding hydrogens is 320 g/mol. The molecule has 0 atom stereocenters. The third-order valence-corrected chi connectivity index (χ3v) is 4.61. The second-order valence-corrected chi connectivity index (χ2v) is 6.60. The summed E-state index contributed by atoms with van der Waals surface area (Å²) in [7, 11) is 0. The monoisotopic (exact) mass is 348 g/mol. The molecule has 25 heavy (non-hydrogen) atoms. The van der Waals surface area contributed by atoms with E-state index in [0.29, 0.717) is 24.2 Å². The molecule has 0 bridgehead atoms. The van der Waals surface area contributed by atoms with Crippen LogP contribution in [0.3, 0.4) is 0 Å². The smallest absolute Gasteiger partial charge is 0.319 e. The zero-order valence-corrected chi connectivity index (χ0v) is 14.7. The Morgan fingerprint density at radius 3 is 2.92 bits per heavy atom. The molecule has 1 aliphatic heterocycles. The van der Waals surface area contributed by atoms with Crippen molar-refractivity contribution < 1.29 is 14.3 Å². The van der Waals surface area contributed by atoms with Crippen molar-refractivity contribution in [2.45, 2.75) is 38.2 Å². The molecule has 7 heteroatoms. The van der Waals surface area contributed by atoms with Crippen LogP contribution in [0.5, 0.6) is 5.88 Å². The first-order valence-electron chi connectivity index (χ1n) is 9.27. The second kappa shape index (κ2) is 9.58. The number of rotatable bonds is 6. The number of nitrogens with one attached hydrogen (secondary N) is 2. The zero-order chi connectivity index (χ0) is 17.3. The van der Waals surface area contributed by atoms with Gasteiger partial charge in [-0.05, 0) is 38.2 Å². The summed E-state index contributed by atoms with van der Waals surface area (Å²) < 4.78 is 11.2. The van der Waals surface area contributed by atoms with Gasteiger partial charge in [0.05, 0.1) is 18.5 Å². The van der Waals surface area contributed by atoms with E-state index in [1.165, 1.54) is 12.8 Å². The first kappa shape index (κ1) is 17.9. The first-order chi connectivity index (χ1) is 12.3. The largest absolute Gasteiger partial charge is 0.474 e. The van der Waals surface area contributed by atoms with Crippen molar-refractivity contribution in [1.82, 2.24) is 15.2 Å². The number of anilines is 1. The maximum atomic E-state index is 12.0. The highest BCUT2D eigenvalue weighted by atomic mass is 16.5. The Morgan fingerprint density at radius 2 is 2.12 bits per heavy atom. The number of nitrogens with zero attached hydrogens (tertiary/aromatic N) is 2. The van der Waals surface area contributed by atoms with Crippen molar-refractivity contribution in [3.8, 4) is 5.88 Å². The summed E-state index contributed by atoms with van der Waals surface area (Å²) in [6, 6.07) is 3.42. The molecule has 0 unspecified atom stereocenters. The molecule has 0 aromatic carbocycles. The maximum Gasteiger partial charge on any atom is 0.319 e. The van der Waals surface area contributed by atoms with Crippen LogP contribution in [-0.2, 0) is 4.74 Å².